The lowest BCUT2D eigenvalue weighted by Crippen LogP contribution is -2.56. The largest absolute Gasteiger partial charge is 0.487 e. The van der Waals surface area contributed by atoms with Gasteiger partial charge in [0.2, 0.25) is 11.8 Å². The molecule has 8 heteroatoms. The molecule has 7 nitrogen and oxygen atoms in total. The predicted molar refractivity (Wildman–Crippen MR) is 134 cm³/mol. The minimum atomic E-state index is -0.362. The molecular formula is C27H30ClN3O4. The Bertz CT molecular complexity index is 1180. The highest BCUT2D eigenvalue weighted by atomic mass is 35.5. The Labute approximate surface area is 210 Å². The third kappa shape index (κ3) is 4.09. The van der Waals surface area contributed by atoms with Gasteiger partial charge in [-0.3, -0.25) is 19.4 Å². The first-order valence-corrected chi connectivity index (χ1v) is 12.7. The first-order chi connectivity index (χ1) is 16.8. The molecule has 0 unspecified atom stereocenters. The summed E-state index contributed by atoms with van der Waals surface area (Å²) in [4.78, 5) is 29.3. The summed E-state index contributed by atoms with van der Waals surface area (Å²) in [5.41, 5.74) is 2.12. The van der Waals surface area contributed by atoms with Gasteiger partial charge < -0.3 is 14.8 Å². The first kappa shape index (κ1) is 22.8. The Morgan fingerprint density at radius 1 is 1.23 bits per heavy atom. The fourth-order valence-corrected chi connectivity index (χ4v) is 6.41. The van der Waals surface area contributed by atoms with Crippen molar-refractivity contribution in [1.82, 2.24) is 4.90 Å². The second-order valence-electron chi connectivity index (χ2n) is 10.7. The molecule has 2 aromatic rings. The summed E-state index contributed by atoms with van der Waals surface area (Å²) in [6.07, 6.45) is 1.94. The molecule has 35 heavy (non-hydrogen) atoms. The number of carbonyl (C=O) groups is 2. The average molecular weight is 496 g/mol. The summed E-state index contributed by atoms with van der Waals surface area (Å²) in [6, 6.07) is 13.2. The lowest BCUT2D eigenvalue weighted by Gasteiger charge is -2.53. The Kier molecular flexibility index (Phi) is 5.55. The topological polar surface area (TPSA) is 71.1 Å². The van der Waals surface area contributed by atoms with Gasteiger partial charge in [0.05, 0.1) is 30.1 Å². The Morgan fingerprint density at radius 2 is 2.06 bits per heavy atom. The predicted octanol–water partition coefficient (Wildman–Crippen LogP) is 4.26. The number of piperidine rings is 1. The van der Waals surface area contributed by atoms with Gasteiger partial charge in [0.15, 0.2) is 0 Å². The van der Waals surface area contributed by atoms with Gasteiger partial charge in [0.1, 0.15) is 17.9 Å². The van der Waals surface area contributed by atoms with Crippen LogP contribution in [-0.4, -0.2) is 54.6 Å². The number of para-hydroxylation sites is 2. The molecule has 4 aliphatic heterocycles. The maximum Gasteiger partial charge on any atom is 0.244 e. The standard InChI is InChI=1S/C27H30ClN3O4/c1-27(2)19-11-16-13-30(15-25(33)31-14-24(32)29-20-5-3-4-6-21(20)31)10-9-22(16)34-26(19)18-12-17(28)7-8-23(18)35-27/h3-8,12,16,19,22,26H,9-11,13-15H2,1-2H3,(H,29,32)/t16-,19-,22-,26+/m0/s1. The quantitative estimate of drug-likeness (QED) is 0.674. The molecule has 4 heterocycles. The van der Waals surface area contributed by atoms with Gasteiger partial charge in [-0.05, 0) is 62.9 Å². The van der Waals surface area contributed by atoms with Crippen LogP contribution in [0, 0.1) is 11.8 Å². The zero-order chi connectivity index (χ0) is 24.3. The van der Waals surface area contributed by atoms with Crippen molar-refractivity contribution in [2.45, 2.75) is 44.5 Å². The Hall–Kier alpha value is -2.61. The van der Waals surface area contributed by atoms with Crippen LogP contribution < -0.4 is 15.0 Å². The number of halogens is 1. The minimum absolute atomic E-state index is 0.0368. The van der Waals surface area contributed by atoms with E-state index in [1.165, 1.54) is 0 Å². The summed E-state index contributed by atoms with van der Waals surface area (Å²) in [7, 11) is 0. The van der Waals surface area contributed by atoms with Crippen molar-refractivity contribution in [2.75, 3.05) is 36.4 Å². The Balaban J connectivity index is 1.17. The first-order valence-electron chi connectivity index (χ1n) is 12.3. The number of hydrogen-bond donors (Lipinski definition) is 1. The summed E-state index contributed by atoms with van der Waals surface area (Å²) in [5, 5.41) is 3.54. The molecule has 6 rings (SSSR count). The summed E-state index contributed by atoms with van der Waals surface area (Å²) >= 11 is 6.31. The fraction of sp³-hybridized carbons (Fsp3) is 0.481. The van der Waals surface area contributed by atoms with Crippen molar-refractivity contribution < 1.29 is 19.1 Å². The molecule has 2 saturated heterocycles. The molecule has 0 saturated carbocycles. The number of nitrogens with zero attached hydrogens (tertiary/aromatic N) is 2. The van der Waals surface area contributed by atoms with Crippen LogP contribution in [0.5, 0.6) is 5.75 Å². The average Bonchev–Trinajstić information content (AvgIpc) is 2.83. The van der Waals surface area contributed by atoms with Crippen LogP contribution in [0.3, 0.4) is 0 Å². The van der Waals surface area contributed by atoms with E-state index in [0.29, 0.717) is 16.6 Å². The van der Waals surface area contributed by atoms with Crippen molar-refractivity contribution in [3.8, 4) is 5.75 Å². The number of nitrogens with one attached hydrogen (secondary N) is 1. The van der Waals surface area contributed by atoms with E-state index in [1.54, 1.807) is 4.90 Å². The second-order valence-corrected chi connectivity index (χ2v) is 11.1. The van der Waals surface area contributed by atoms with Gasteiger partial charge in [-0.15, -0.1) is 0 Å². The highest BCUT2D eigenvalue weighted by Gasteiger charge is 2.51. The number of rotatable bonds is 2. The van der Waals surface area contributed by atoms with Crippen LogP contribution in [0.4, 0.5) is 11.4 Å². The van der Waals surface area contributed by atoms with E-state index >= 15 is 0 Å². The molecule has 0 radical (unpaired) electrons. The number of likely N-dealkylation sites (tertiary alicyclic amines) is 1. The van der Waals surface area contributed by atoms with Gasteiger partial charge in [-0.2, -0.15) is 0 Å². The number of benzene rings is 2. The van der Waals surface area contributed by atoms with Crippen molar-refractivity contribution >= 4 is 34.8 Å². The van der Waals surface area contributed by atoms with E-state index in [0.717, 1.165) is 42.9 Å². The molecule has 4 aliphatic rings. The van der Waals surface area contributed by atoms with E-state index in [2.05, 4.69) is 24.1 Å². The maximum absolute atomic E-state index is 13.3. The van der Waals surface area contributed by atoms with Gasteiger partial charge in [-0.1, -0.05) is 23.7 Å². The Morgan fingerprint density at radius 3 is 2.91 bits per heavy atom. The highest BCUT2D eigenvalue weighted by molar-refractivity contribution is 6.30. The molecule has 0 spiro atoms. The molecule has 2 fully saturated rings. The van der Waals surface area contributed by atoms with Gasteiger partial charge in [0.25, 0.3) is 0 Å². The zero-order valence-electron chi connectivity index (χ0n) is 20.0. The van der Waals surface area contributed by atoms with Crippen LogP contribution in [0.25, 0.3) is 0 Å². The van der Waals surface area contributed by atoms with Crippen molar-refractivity contribution in [3.05, 3.63) is 53.1 Å². The number of amides is 2. The molecule has 0 bridgehead atoms. The maximum atomic E-state index is 13.3. The van der Waals surface area contributed by atoms with Crippen LogP contribution in [0.1, 0.15) is 38.4 Å². The number of carbonyl (C=O) groups excluding carboxylic acids is 2. The van der Waals surface area contributed by atoms with E-state index in [9.17, 15) is 9.59 Å². The van der Waals surface area contributed by atoms with Gasteiger partial charge >= 0.3 is 0 Å². The molecule has 2 amide bonds. The lowest BCUT2D eigenvalue weighted by molar-refractivity contribution is -0.187. The monoisotopic (exact) mass is 495 g/mol. The number of fused-ring (bicyclic) bond motifs is 5. The number of hydrogen-bond acceptors (Lipinski definition) is 5. The molecule has 4 atom stereocenters. The summed E-state index contributed by atoms with van der Waals surface area (Å²) in [6.45, 7) is 6.19. The summed E-state index contributed by atoms with van der Waals surface area (Å²) < 4.78 is 13.1. The second kappa shape index (κ2) is 8.50. The molecule has 1 N–H and O–H groups in total. The van der Waals surface area contributed by atoms with Gasteiger partial charge in [0, 0.05) is 29.6 Å². The molecule has 184 valence electrons. The van der Waals surface area contributed by atoms with Crippen molar-refractivity contribution in [3.63, 3.8) is 0 Å². The normalized spacial score (nSPS) is 29.1. The SMILES string of the molecule is CC1(C)Oc2ccc(Cl)cc2[C@H]2O[C@H]3CCN(CC(=O)N4CC(=O)Nc5ccccc54)C[C@@H]3C[C@@H]21. The molecule has 2 aromatic carbocycles. The van der Waals surface area contributed by atoms with Crippen LogP contribution in [0.2, 0.25) is 5.02 Å². The van der Waals surface area contributed by atoms with E-state index in [-0.39, 0.29) is 48.6 Å². The third-order valence-electron chi connectivity index (χ3n) is 7.97. The molecular weight excluding hydrogens is 466 g/mol. The molecule has 0 aromatic heterocycles. The van der Waals surface area contributed by atoms with E-state index in [1.807, 2.05) is 42.5 Å². The van der Waals surface area contributed by atoms with Gasteiger partial charge in [-0.25, -0.2) is 0 Å². The van der Waals surface area contributed by atoms with Crippen LogP contribution >= 0.6 is 11.6 Å². The van der Waals surface area contributed by atoms with Crippen molar-refractivity contribution in [2.24, 2.45) is 11.8 Å². The lowest BCUT2D eigenvalue weighted by atomic mass is 9.70. The van der Waals surface area contributed by atoms with Crippen LogP contribution in [-0.2, 0) is 14.3 Å². The third-order valence-corrected chi connectivity index (χ3v) is 8.20. The van der Waals surface area contributed by atoms with Crippen LogP contribution in [0.15, 0.2) is 42.5 Å². The minimum Gasteiger partial charge on any atom is -0.487 e. The summed E-state index contributed by atoms with van der Waals surface area (Å²) in [5.74, 6) is 1.15. The smallest absolute Gasteiger partial charge is 0.244 e. The molecule has 0 aliphatic carbocycles. The fourth-order valence-electron chi connectivity index (χ4n) is 6.23. The highest BCUT2D eigenvalue weighted by Crippen LogP contribution is 2.53. The van der Waals surface area contributed by atoms with E-state index < -0.39 is 0 Å². The zero-order valence-corrected chi connectivity index (χ0v) is 20.8. The van der Waals surface area contributed by atoms with Crippen molar-refractivity contribution in [1.29, 1.82) is 0 Å². The number of anilines is 2. The van der Waals surface area contributed by atoms with E-state index in [4.69, 9.17) is 21.1 Å². The number of ether oxygens (including phenoxy) is 2.